The molecule has 5 heteroatoms. The van der Waals surface area contributed by atoms with E-state index in [2.05, 4.69) is 16.0 Å². The minimum atomic E-state index is -0.510. The van der Waals surface area contributed by atoms with E-state index in [1.54, 1.807) is 12.3 Å². The van der Waals surface area contributed by atoms with Gasteiger partial charge in [-0.2, -0.15) is 5.26 Å². The smallest absolute Gasteiger partial charge is 0.147 e. The molecule has 2 heterocycles. The van der Waals surface area contributed by atoms with Crippen LogP contribution in [0.1, 0.15) is 49.3 Å². The molecule has 0 spiro atoms. The Morgan fingerprint density at radius 3 is 2.80 bits per heavy atom. The average Bonchev–Trinajstić information content (AvgIpc) is 2.87. The highest BCUT2D eigenvalue weighted by Gasteiger charge is 2.26. The summed E-state index contributed by atoms with van der Waals surface area (Å²) in [4.78, 5) is 6.65. The number of halogens is 1. The maximum absolute atomic E-state index is 10.7. The second kappa shape index (κ2) is 8.33. The Balaban J connectivity index is 1.83. The molecule has 0 bridgehead atoms. The summed E-state index contributed by atoms with van der Waals surface area (Å²) in [6.07, 6.45) is 6.08. The Labute approximate surface area is 153 Å². The topological polar surface area (TPSA) is 60.2 Å². The zero-order chi connectivity index (χ0) is 17.6. The first kappa shape index (κ1) is 17.7. The Kier molecular flexibility index (Phi) is 5.91. The lowest BCUT2D eigenvalue weighted by Gasteiger charge is -2.33. The normalized spacial score (nSPS) is 19.1. The first-order chi connectivity index (χ1) is 12.2. The molecule has 1 aromatic carbocycles. The van der Waals surface area contributed by atoms with Crippen LogP contribution in [0.15, 0.2) is 42.6 Å². The van der Waals surface area contributed by atoms with Crippen LogP contribution in [0.5, 0.6) is 0 Å². The van der Waals surface area contributed by atoms with Gasteiger partial charge in [-0.05, 0) is 30.9 Å². The van der Waals surface area contributed by atoms with E-state index in [4.69, 9.17) is 16.9 Å². The van der Waals surface area contributed by atoms with Crippen molar-refractivity contribution in [2.45, 2.75) is 44.2 Å². The van der Waals surface area contributed by atoms with Crippen LogP contribution in [0, 0.1) is 11.3 Å². The fourth-order valence-electron chi connectivity index (χ4n) is 3.47. The molecule has 130 valence electrons. The van der Waals surface area contributed by atoms with Crippen molar-refractivity contribution >= 4 is 17.4 Å². The SMILES string of the molecule is N#Cc1cnc(N2CCCCCC2CC(O)c2ccccc2)c(Cl)c1. The number of hydrogen-bond donors (Lipinski definition) is 1. The van der Waals surface area contributed by atoms with Gasteiger partial charge in [0.1, 0.15) is 11.9 Å². The molecule has 2 atom stereocenters. The number of nitrogens with zero attached hydrogens (tertiary/aromatic N) is 3. The summed E-state index contributed by atoms with van der Waals surface area (Å²) in [5.74, 6) is 0.716. The van der Waals surface area contributed by atoms with E-state index in [-0.39, 0.29) is 6.04 Å². The number of hydrogen-bond acceptors (Lipinski definition) is 4. The van der Waals surface area contributed by atoms with Gasteiger partial charge in [-0.15, -0.1) is 0 Å². The quantitative estimate of drug-likeness (QED) is 0.878. The lowest BCUT2D eigenvalue weighted by molar-refractivity contribution is 0.155. The summed E-state index contributed by atoms with van der Waals surface area (Å²) in [6.45, 7) is 0.866. The van der Waals surface area contributed by atoms with Crippen molar-refractivity contribution in [3.63, 3.8) is 0 Å². The van der Waals surface area contributed by atoms with E-state index in [1.807, 2.05) is 30.3 Å². The molecule has 2 aromatic rings. The molecular weight excluding hydrogens is 334 g/mol. The van der Waals surface area contributed by atoms with Crippen molar-refractivity contribution in [2.75, 3.05) is 11.4 Å². The first-order valence-corrected chi connectivity index (χ1v) is 9.12. The summed E-state index contributed by atoms with van der Waals surface area (Å²) >= 11 is 6.40. The van der Waals surface area contributed by atoms with Crippen molar-refractivity contribution in [2.24, 2.45) is 0 Å². The summed E-state index contributed by atoms with van der Waals surface area (Å²) < 4.78 is 0. The standard InChI is InChI=1S/C20H22ClN3O/c21-18-11-15(13-22)14-23-20(18)24-10-6-2-5-9-17(24)12-19(25)16-7-3-1-4-8-16/h1,3-4,7-8,11,14,17,19,25H,2,5-6,9-10,12H2. The highest BCUT2D eigenvalue weighted by molar-refractivity contribution is 6.33. The van der Waals surface area contributed by atoms with Gasteiger partial charge in [0.05, 0.1) is 16.7 Å². The molecule has 25 heavy (non-hydrogen) atoms. The van der Waals surface area contributed by atoms with Gasteiger partial charge in [0, 0.05) is 18.8 Å². The summed E-state index contributed by atoms with van der Waals surface area (Å²) in [6, 6.07) is 13.7. The van der Waals surface area contributed by atoms with Crippen molar-refractivity contribution in [1.29, 1.82) is 5.26 Å². The van der Waals surface area contributed by atoms with E-state index in [0.29, 0.717) is 22.8 Å². The van der Waals surface area contributed by atoms with Crippen LogP contribution in [-0.4, -0.2) is 22.7 Å². The fraction of sp³-hybridized carbons (Fsp3) is 0.400. The molecule has 0 amide bonds. The highest BCUT2D eigenvalue weighted by atomic mass is 35.5. The predicted octanol–water partition coefficient (Wildman–Crippen LogP) is 4.48. The summed E-state index contributed by atoms with van der Waals surface area (Å²) in [5.41, 5.74) is 1.40. The number of aliphatic hydroxyl groups excluding tert-OH is 1. The van der Waals surface area contributed by atoms with Crippen LogP contribution in [0.4, 0.5) is 5.82 Å². The minimum Gasteiger partial charge on any atom is -0.388 e. The van der Waals surface area contributed by atoms with Gasteiger partial charge >= 0.3 is 0 Å². The lowest BCUT2D eigenvalue weighted by atomic mass is 9.98. The van der Waals surface area contributed by atoms with Gasteiger partial charge in [0.25, 0.3) is 0 Å². The van der Waals surface area contributed by atoms with Crippen molar-refractivity contribution in [1.82, 2.24) is 4.98 Å². The van der Waals surface area contributed by atoms with Crippen LogP contribution in [0.25, 0.3) is 0 Å². The van der Waals surface area contributed by atoms with Crippen molar-refractivity contribution in [3.05, 3.63) is 58.7 Å². The van der Waals surface area contributed by atoms with Gasteiger partial charge in [0.15, 0.2) is 0 Å². The molecule has 1 aromatic heterocycles. The number of aliphatic hydroxyl groups is 1. The van der Waals surface area contributed by atoms with E-state index < -0.39 is 6.10 Å². The third kappa shape index (κ3) is 4.31. The number of rotatable bonds is 4. The van der Waals surface area contributed by atoms with E-state index >= 15 is 0 Å². The Bertz CT molecular complexity index is 744. The molecule has 0 aliphatic carbocycles. The van der Waals surface area contributed by atoms with Crippen LogP contribution in [0.2, 0.25) is 5.02 Å². The molecule has 1 fully saturated rings. The minimum absolute atomic E-state index is 0.177. The number of anilines is 1. The van der Waals surface area contributed by atoms with E-state index in [0.717, 1.165) is 31.4 Å². The van der Waals surface area contributed by atoms with Crippen LogP contribution in [0.3, 0.4) is 0 Å². The number of pyridine rings is 1. The van der Waals surface area contributed by atoms with Crippen LogP contribution >= 0.6 is 11.6 Å². The molecule has 2 unspecified atom stereocenters. The van der Waals surface area contributed by atoms with Gasteiger partial charge in [-0.1, -0.05) is 54.8 Å². The first-order valence-electron chi connectivity index (χ1n) is 8.74. The monoisotopic (exact) mass is 355 g/mol. The summed E-state index contributed by atoms with van der Waals surface area (Å²) in [7, 11) is 0. The Morgan fingerprint density at radius 1 is 1.28 bits per heavy atom. The fourth-order valence-corrected chi connectivity index (χ4v) is 3.75. The molecule has 0 radical (unpaired) electrons. The second-order valence-corrected chi connectivity index (χ2v) is 6.91. The number of aromatic nitrogens is 1. The molecule has 0 saturated carbocycles. The van der Waals surface area contributed by atoms with Crippen LogP contribution < -0.4 is 4.90 Å². The number of nitriles is 1. The van der Waals surface area contributed by atoms with E-state index in [9.17, 15) is 5.11 Å². The van der Waals surface area contributed by atoms with E-state index in [1.165, 1.54) is 6.42 Å². The van der Waals surface area contributed by atoms with Gasteiger partial charge in [0.2, 0.25) is 0 Å². The second-order valence-electron chi connectivity index (χ2n) is 6.50. The Hall–Kier alpha value is -2.09. The maximum Gasteiger partial charge on any atom is 0.147 e. The molecule has 4 nitrogen and oxygen atoms in total. The molecule has 1 N–H and O–H groups in total. The third-order valence-corrected chi connectivity index (χ3v) is 5.06. The zero-order valence-corrected chi connectivity index (χ0v) is 14.9. The molecule has 1 aliphatic heterocycles. The highest BCUT2D eigenvalue weighted by Crippen LogP contribution is 2.33. The molecular formula is C20H22ClN3O. The zero-order valence-electron chi connectivity index (χ0n) is 14.1. The van der Waals surface area contributed by atoms with Gasteiger partial charge in [-0.3, -0.25) is 0 Å². The van der Waals surface area contributed by atoms with Gasteiger partial charge < -0.3 is 10.0 Å². The predicted molar refractivity (Wildman–Crippen MR) is 99.6 cm³/mol. The average molecular weight is 356 g/mol. The largest absolute Gasteiger partial charge is 0.388 e. The maximum atomic E-state index is 10.7. The lowest BCUT2D eigenvalue weighted by Crippen LogP contribution is -2.37. The van der Waals surface area contributed by atoms with Crippen LogP contribution in [-0.2, 0) is 0 Å². The Morgan fingerprint density at radius 2 is 2.08 bits per heavy atom. The third-order valence-electron chi connectivity index (χ3n) is 4.78. The molecule has 3 rings (SSSR count). The van der Waals surface area contributed by atoms with Crippen molar-refractivity contribution < 1.29 is 5.11 Å². The molecule has 1 saturated heterocycles. The number of benzene rings is 1. The summed E-state index contributed by atoms with van der Waals surface area (Å²) in [5, 5.41) is 20.2. The molecule has 1 aliphatic rings. The van der Waals surface area contributed by atoms with Crippen molar-refractivity contribution in [3.8, 4) is 6.07 Å². The van der Waals surface area contributed by atoms with Gasteiger partial charge in [-0.25, -0.2) is 4.98 Å².